The van der Waals surface area contributed by atoms with Gasteiger partial charge in [-0.05, 0) is 36.8 Å². The molecule has 2 fully saturated rings. The van der Waals surface area contributed by atoms with E-state index in [2.05, 4.69) is 24.3 Å². The van der Waals surface area contributed by atoms with Crippen LogP contribution in [0.3, 0.4) is 0 Å². The largest absolute Gasteiger partial charge is 0.392 e. The van der Waals surface area contributed by atoms with Crippen LogP contribution in [0, 0.1) is 0 Å². The van der Waals surface area contributed by atoms with Gasteiger partial charge in [-0.25, -0.2) is 0 Å². The van der Waals surface area contributed by atoms with Gasteiger partial charge in [0.25, 0.3) is 0 Å². The van der Waals surface area contributed by atoms with Crippen molar-refractivity contribution in [3.05, 3.63) is 71.8 Å². The summed E-state index contributed by atoms with van der Waals surface area (Å²) in [6.45, 7) is 0. The lowest BCUT2D eigenvalue weighted by Crippen LogP contribution is -2.41. The minimum Gasteiger partial charge on any atom is -0.392 e. The fraction of sp³-hybridized carbons (Fsp3) is 0.500. The molecule has 0 heterocycles. The fourth-order valence-electron chi connectivity index (χ4n) is 4.40. The van der Waals surface area contributed by atoms with Gasteiger partial charge in [0.05, 0.1) is 12.2 Å². The van der Waals surface area contributed by atoms with Crippen LogP contribution >= 0.6 is 0 Å². The Balaban J connectivity index is 0.000000156. The molecule has 0 radical (unpaired) electrons. The van der Waals surface area contributed by atoms with Gasteiger partial charge in [-0.3, -0.25) is 0 Å². The number of hydrogen-bond acceptors (Lipinski definition) is 3. The van der Waals surface area contributed by atoms with Gasteiger partial charge in [-0.2, -0.15) is 0 Å². The van der Waals surface area contributed by atoms with E-state index >= 15 is 0 Å². The first-order valence-corrected chi connectivity index (χ1v) is 10.3. The fourth-order valence-corrected chi connectivity index (χ4v) is 4.40. The molecule has 0 aliphatic heterocycles. The molecule has 2 saturated carbocycles. The number of rotatable bonds is 2. The summed E-state index contributed by atoms with van der Waals surface area (Å²) in [5.41, 5.74) is 1.13. The van der Waals surface area contributed by atoms with Crippen LogP contribution in [0.1, 0.15) is 68.4 Å². The zero-order chi connectivity index (χ0) is 19.1. The van der Waals surface area contributed by atoms with Crippen molar-refractivity contribution in [2.24, 2.45) is 0 Å². The quantitative estimate of drug-likeness (QED) is 0.731. The van der Waals surface area contributed by atoms with E-state index in [0.717, 1.165) is 31.2 Å². The Kier molecular flexibility index (Phi) is 7.06. The number of aliphatic hydroxyl groups excluding tert-OH is 2. The molecule has 0 amide bonds. The van der Waals surface area contributed by atoms with Crippen molar-refractivity contribution in [3.63, 3.8) is 0 Å². The molecule has 0 aromatic heterocycles. The van der Waals surface area contributed by atoms with Gasteiger partial charge in [0.15, 0.2) is 0 Å². The summed E-state index contributed by atoms with van der Waals surface area (Å²) >= 11 is 0. The van der Waals surface area contributed by atoms with Crippen LogP contribution in [-0.4, -0.2) is 27.5 Å². The normalized spacial score (nSPS) is 30.9. The highest BCUT2D eigenvalue weighted by molar-refractivity contribution is 5.24. The molecule has 3 heteroatoms. The Morgan fingerprint density at radius 1 is 0.704 bits per heavy atom. The lowest BCUT2D eigenvalue weighted by Gasteiger charge is -2.37. The van der Waals surface area contributed by atoms with E-state index in [-0.39, 0.29) is 6.10 Å². The van der Waals surface area contributed by atoms with Crippen LogP contribution in [0.25, 0.3) is 0 Å². The van der Waals surface area contributed by atoms with Crippen molar-refractivity contribution in [3.8, 4) is 0 Å². The SMILES string of the molecule is O[C@@H]1CCCC[C@@]1(O)c1ccccc1.O[C@@H]1CCCC[C@H]1c1ccccc1. The molecule has 27 heavy (non-hydrogen) atoms. The maximum absolute atomic E-state index is 10.4. The third-order valence-electron chi connectivity index (χ3n) is 6.07. The van der Waals surface area contributed by atoms with Gasteiger partial charge in [-0.15, -0.1) is 0 Å². The highest BCUT2D eigenvalue weighted by Crippen LogP contribution is 2.37. The second kappa shape index (κ2) is 9.50. The Morgan fingerprint density at radius 3 is 1.93 bits per heavy atom. The van der Waals surface area contributed by atoms with Crippen molar-refractivity contribution in [2.45, 2.75) is 75.1 Å². The second-order valence-corrected chi connectivity index (χ2v) is 7.92. The third-order valence-corrected chi connectivity index (χ3v) is 6.07. The Labute approximate surface area is 162 Å². The topological polar surface area (TPSA) is 60.7 Å². The van der Waals surface area contributed by atoms with Gasteiger partial charge in [-0.1, -0.05) is 86.3 Å². The molecule has 0 saturated heterocycles. The van der Waals surface area contributed by atoms with E-state index in [9.17, 15) is 15.3 Å². The molecule has 2 aromatic carbocycles. The van der Waals surface area contributed by atoms with Crippen molar-refractivity contribution in [2.75, 3.05) is 0 Å². The lowest BCUT2D eigenvalue weighted by molar-refractivity contribution is -0.106. The summed E-state index contributed by atoms with van der Waals surface area (Å²) in [6.07, 6.45) is 7.20. The van der Waals surface area contributed by atoms with E-state index < -0.39 is 11.7 Å². The first-order chi connectivity index (χ1) is 13.1. The Hall–Kier alpha value is -1.68. The lowest BCUT2D eigenvalue weighted by atomic mass is 9.77. The third kappa shape index (κ3) is 4.98. The molecule has 0 bridgehead atoms. The molecule has 2 aromatic rings. The molecule has 0 unspecified atom stereocenters. The van der Waals surface area contributed by atoms with Crippen molar-refractivity contribution >= 4 is 0 Å². The van der Waals surface area contributed by atoms with Crippen LogP contribution in [0.4, 0.5) is 0 Å². The Bertz CT molecular complexity index is 673. The summed E-state index contributed by atoms with van der Waals surface area (Å²) < 4.78 is 0. The molecular weight excluding hydrogens is 336 g/mol. The van der Waals surface area contributed by atoms with Crippen molar-refractivity contribution in [1.29, 1.82) is 0 Å². The predicted molar refractivity (Wildman–Crippen MR) is 108 cm³/mol. The van der Waals surface area contributed by atoms with Crippen LogP contribution in [0.2, 0.25) is 0 Å². The molecule has 2 aliphatic rings. The predicted octanol–water partition coefficient (Wildman–Crippen LogP) is 4.51. The molecule has 146 valence electrons. The van der Waals surface area contributed by atoms with E-state index in [1.54, 1.807) is 0 Å². The van der Waals surface area contributed by atoms with E-state index in [4.69, 9.17) is 0 Å². The monoisotopic (exact) mass is 368 g/mol. The molecular formula is C24H32O3. The average molecular weight is 369 g/mol. The smallest absolute Gasteiger partial charge is 0.115 e. The zero-order valence-corrected chi connectivity index (χ0v) is 16.0. The minimum atomic E-state index is -1.01. The first kappa shape index (κ1) is 20.1. The summed E-state index contributed by atoms with van der Waals surface area (Å²) in [7, 11) is 0. The van der Waals surface area contributed by atoms with Crippen LogP contribution in [0.15, 0.2) is 60.7 Å². The summed E-state index contributed by atoms with van der Waals surface area (Å²) in [4.78, 5) is 0. The van der Waals surface area contributed by atoms with Gasteiger partial charge < -0.3 is 15.3 Å². The van der Waals surface area contributed by atoms with Crippen LogP contribution in [0.5, 0.6) is 0 Å². The maximum atomic E-state index is 10.4. The number of benzene rings is 2. The molecule has 3 N–H and O–H groups in total. The van der Waals surface area contributed by atoms with Crippen molar-refractivity contribution in [1.82, 2.24) is 0 Å². The van der Waals surface area contributed by atoms with Gasteiger partial charge in [0, 0.05) is 5.92 Å². The summed E-state index contributed by atoms with van der Waals surface area (Å²) in [5, 5.41) is 30.0. The maximum Gasteiger partial charge on any atom is 0.115 e. The van der Waals surface area contributed by atoms with E-state index in [1.165, 1.54) is 18.4 Å². The molecule has 0 spiro atoms. The van der Waals surface area contributed by atoms with E-state index in [1.807, 2.05) is 36.4 Å². The molecule has 4 atom stereocenters. The zero-order valence-electron chi connectivity index (χ0n) is 16.0. The number of aliphatic hydroxyl groups is 3. The van der Waals surface area contributed by atoms with Gasteiger partial charge in [0.2, 0.25) is 0 Å². The highest BCUT2D eigenvalue weighted by Gasteiger charge is 2.39. The first-order valence-electron chi connectivity index (χ1n) is 10.3. The minimum absolute atomic E-state index is 0.115. The van der Waals surface area contributed by atoms with Gasteiger partial charge in [0.1, 0.15) is 5.60 Å². The second-order valence-electron chi connectivity index (χ2n) is 7.92. The number of hydrogen-bond donors (Lipinski definition) is 3. The molecule has 3 nitrogen and oxygen atoms in total. The van der Waals surface area contributed by atoms with Gasteiger partial charge >= 0.3 is 0 Å². The van der Waals surface area contributed by atoms with Crippen molar-refractivity contribution < 1.29 is 15.3 Å². The summed E-state index contributed by atoms with van der Waals surface area (Å²) in [6, 6.07) is 19.9. The Morgan fingerprint density at radius 2 is 1.30 bits per heavy atom. The summed E-state index contributed by atoms with van der Waals surface area (Å²) in [5.74, 6) is 0.384. The van der Waals surface area contributed by atoms with Crippen LogP contribution in [-0.2, 0) is 5.60 Å². The molecule has 2 aliphatic carbocycles. The standard InChI is InChI=1S/C12H16O2.C12H16O/c13-11-8-4-5-9-12(11,14)10-6-2-1-3-7-10;13-12-9-5-4-8-11(12)10-6-2-1-3-7-10/h1-3,6-7,11,13-14H,4-5,8-9H2;1-3,6-7,11-13H,4-5,8-9H2/t11-,12-;11-,12+/m10/s1. The van der Waals surface area contributed by atoms with Crippen LogP contribution < -0.4 is 0 Å². The highest BCUT2D eigenvalue weighted by atomic mass is 16.3. The molecule has 4 rings (SSSR count). The average Bonchev–Trinajstić information content (AvgIpc) is 2.72. The van der Waals surface area contributed by atoms with E-state index in [0.29, 0.717) is 18.8 Å².